The van der Waals surface area contributed by atoms with Gasteiger partial charge in [0, 0.05) is 58.5 Å². The number of fused-ring (bicyclic) bond motifs is 13. The molecule has 12 rings (SSSR count). The van der Waals surface area contributed by atoms with Gasteiger partial charge in [0.1, 0.15) is 0 Å². The van der Waals surface area contributed by atoms with Crippen molar-refractivity contribution in [2.75, 3.05) is 9.71 Å². The van der Waals surface area contributed by atoms with Crippen LogP contribution in [0.3, 0.4) is 0 Å². The monoisotopic (exact) mass is 746 g/mol. The van der Waals surface area contributed by atoms with Crippen LogP contribution in [0.4, 0.5) is 27.8 Å². The van der Waals surface area contributed by atoms with Crippen molar-refractivity contribution in [2.45, 2.75) is 77.6 Å². The molecular weight excluding hydrogens is 704 g/mol. The molecule has 5 heteroatoms. The van der Waals surface area contributed by atoms with Crippen molar-refractivity contribution in [1.82, 2.24) is 0 Å². The average Bonchev–Trinajstić information content (AvgIpc) is 3.75. The van der Waals surface area contributed by atoms with Gasteiger partial charge in [-0.25, -0.2) is 0 Å². The molecule has 6 aromatic carbocycles. The van der Waals surface area contributed by atoms with Crippen LogP contribution < -0.4 is 20.6 Å². The van der Waals surface area contributed by atoms with Gasteiger partial charge in [0.25, 0.3) is 0 Å². The van der Waals surface area contributed by atoms with Crippen LogP contribution in [-0.2, 0) is 16.2 Å². The lowest BCUT2D eigenvalue weighted by Crippen LogP contribution is -2.62. The lowest BCUT2D eigenvalue weighted by molar-refractivity contribution is 0.332. The number of anilines is 5. The van der Waals surface area contributed by atoms with Gasteiger partial charge in [0.15, 0.2) is 0 Å². The summed E-state index contributed by atoms with van der Waals surface area (Å²) in [6.07, 6.45) is 2.40. The molecule has 0 fully saturated rings. The Morgan fingerprint density at radius 1 is 0.564 bits per heavy atom. The number of aryl methyl sites for hydroxylation is 1. The van der Waals surface area contributed by atoms with E-state index < -0.39 is 0 Å². The number of hydrogen-bond acceptors (Lipinski definition) is 4. The smallest absolute Gasteiger partial charge is 0.334 e. The molecule has 0 amide bonds. The van der Waals surface area contributed by atoms with Crippen molar-refractivity contribution in [3.63, 3.8) is 0 Å². The molecule has 8 aromatic rings. The largest absolute Gasteiger partial charge is 0.376 e. The van der Waals surface area contributed by atoms with Crippen molar-refractivity contribution >= 4 is 98.5 Å². The van der Waals surface area contributed by atoms with E-state index in [0.717, 1.165) is 0 Å². The third kappa shape index (κ3) is 4.01. The normalized spacial score (nSPS) is 17.9. The van der Waals surface area contributed by atoms with E-state index in [1.54, 1.807) is 0 Å². The molecule has 0 N–H and O–H groups in total. The highest BCUT2D eigenvalue weighted by molar-refractivity contribution is 7.27. The van der Waals surface area contributed by atoms with Crippen LogP contribution in [0, 0.1) is 6.92 Å². The highest BCUT2D eigenvalue weighted by Gasteiger charge is 2.52. The van der Waals surface area contributed by atoms with Crippen LogP contribution in [0.25, 0.3) is 41.4 Å². The Morgan fingerprint density at radius 2 is 1.22 bits per heavy atom. The van der Waals surface area contributed by atoms with Crippen LogP contribution in [0.2, 0.25) is 0 Å². The minimum Gasteiger partial charge on any atom is -0.376 e. The van der Waals surface area contributed by atoms with Crippen molar-refractivity contribution in [2.24, 2.45) is 0 Å². The fourth-order valence-electron chi connectivity index (χ4n) is 11.0. The summed E-state index contributed by atoms with van der Waals surface area (Å²) in [5.74, 6) is 0. The molecule has 0 saturated heterocycles. The van der Waals surface area contributed by atoms with Crippen molar-refractivity contribution in [3.8, 4) is 11.1 Å². The van der Waals surface area contributed by atoms with Gasteiger partial charge in [0.2, 0.25) is 0 Å². The Kier molecular flexibility index (Phi) is 6.19. The van der Waals surface area contributed by atoms with Gasteiger partial charge in [0.05, 0.1) is 10.7 Å². The van der Waals surface area contributed by atoms with Gasteiger partial charge < -0.3 is 9.71 Å². The quantitative estimate of drug-likeness (QED) is 0.154. The third-order valence-corrected chi connectivity index (χ3v) is 16.4. The molecule has 0 saturated carbocycles. The molecule has 2 nitrogen and oxygen atoms in total. The number of benzene rings is 6. The second kappa shape index (κ2) is 10.5. The van der Waals surface area contributed by atoms with E-state index in [9.17, 15) is 0 Å². The van der Waals surface area contributed by atoms with Crippen LogP contribution in [0.5, 0.6) is 0 Å². The Labute approximate surface area is 332 Å². The lowest BCUT2D eigenvalue weighted by Gasteiger charge is -2.51. The summed E-state index contributed by atoms with van der Waals surface area (Å²) in [7, 11) is 0. The predicted octanol–water partition coefficient (Wildman–Crippen LogP) is 13.3. The maximum atomic E-state index is 2.76. The first-order valence-electron chi connectivity index (χ1n) is 19.9. The second-order valence-electron chi connectivity index (χ2n) is 18.4. The third-order valence-electron chi connectivity index (χ3n) is 14.0. The fraction of sp³-hybridized carbons (Fsp3) is 0.240. The molecule has 0 atom stereocenters. The summed E-state index contributed by atoms with van der Waals surface area (Å²) in [5.41, 5.74) is 18.3. The first-order valence-corrected chi connectivity index (χ1v) is 21.6. The maximum absolute atomic E-state index is 2.76. The number of nitrogens with zero attached hydrogens (tertiary/aromatic N) is 2. The molecule has 0 radical (unpaired) electrons. The lowest BCUT2D eigenvalue weighted by atomic mass is 9.42. The van der Waals surface area contributed by atoms with Crippen LogP contribution in [-0.4, -0.2) is 6.85 Å². The van der Waals surface area contributed by atoms with Crippen molar-refractivity contribution in [3.05, 3.63) is 137 Å². The molecule has 0 unspecified atom stereocenters. The number of hydrogen-bond donors (Lipinski definition) is 0. The zero-order chi connectivity index (χ0) is 37.3. The topological polar surface area (TPSA) is 6.48 Å². The Hall–Kier alpha value is -4.84. The van der Waals surface area contributed by atoms with E-state index in [2.05, 4.69) is 167 Å². The predicted molar refractivity (Wildman–Crippen MR) is 241 cm³/mol. The summed E-state index contributed by atoms with van der Waals surface area (Å²) in [6.45, 7) is 17.1. The minimum absolute atomic E-state index is 0.0150. The van der Waals surface area contributed by atoms with E-state index >= 15 is 0 Å². The second-order valence-corrected chi connectivity index (χ2v) is 20.5. The molecule has 268 valence electrons. The van der Waals surface area contributed by atoms with Gasteiger partial charge in [-0.05, 0) is 105 Å². The minimum atomic E-state index is -0.145. The van der Waals surface area contributed by atoms with E-state index in [1.807, 2.05) is 22.7 Å². The molecular formula is C50H43BN2S2. The van der Waals surface area contributed by atoms with E-state index in [-0.39, 0.29) is 23.1 Å². The van der Waals surface area contributed by atoms with Crippen LogP contribution in [0.15, 0.2) is 109 Å². The van der Waals surface area contributed by atoms with Gasteiger partial charge in [-0.2, -0.15) is 0 Å². The van der Waals surface area contributed by atoms with E-state index in [1.165, 1.54) is 121 Å². The molecule has 5 heterocycles. The van der Waals surface area contributed by atoms with Crippen molar-refractivity contribution < 1.29 is 0 Å². The summed E-state index contributed by atoms with van der Waals surface area (Å²) in [4.78, 5) is 5.47. The highest BCUT2D eigenvalue weighted by Crippen LogP contribution is 2.59. The Balaban J connectivity index is 1.29. The van der Waals surface area contributed by atoms with Gasteiger partial charge in [-0.3, -0.25) is 0 Å². The molecule has 1 aliphatic carbocycles. The maximum Gasteiger partial charge on any atom is 0.334 e. The van der Waals surface area contributed by atoms with Gasteiger partial charge in [-0.1, -0.05) is 120 Å². The van der Waals surface area contributed by atoms with Gasteiger partial charge >= 0.3 is 6.85 Å². The summed E-state index contributed by atoms with van der Waals surface area (Å²) in [5, 5.41) is 5.43. The molecule has 0 spiro atoms. The first-order chi connectivity index (χ1) is 26.5. The standard InChI is InChI=1S/C50H43BN2S2/c1-28-25-35-36(49(4,5)24-23-48(35,2)3)27-38(28)52-39-26-32-29-15-8-12-21-40(29)54-46(32)42-31-17-14-19-34-45(31)53(37-20-11-10-18-33(37)50(34,6)7)51(44(39)42)43-30-16-9-13-22-41(30)55-47(43)52/h8-22,25-27H,23-24H2,1-7H3. The molecule has 3 aliphatic heterocycles. The molecule has 0 bridgehead atoms. The fourth-order valence-corrected chi connectivity index (χ4v) is 13.5. The summed E-state index contributed by atoms with van der Waals surface area (Å²) >= 11 is 3.95. The van der Waals surface area contributed by atoms with Gasteiger partial charge in [-0.15, -0.1) is 22.7 Å². The SMILES string of the molecule is Cc1cc2c(cc1N1c3cc4c(sc5ccccc54)c4c3B(c3c1sc1ccccc31)N1c3ccccc3C(C)(C)c3cccc-4c31)C(C)(C)CCC2(C)C. The zero-order valence-corrected chi connectivity index (χ0v) is 34.2. The van der Waals surface area contributed by atoms with Crippen LogP contribution >= 0.6 is 22.7 Å². The zero-order valence-electron chi connectivity index (χ0n) is 32.6. The number of para-hydroxylation sites is 2. The highest BCUT2D eigenvalue weighted by atomic mass is 32.1. The van der Waals surface area contributed by atoms with Crippen LogP contribution in [0.1, 0.15) is 82.2 Å². The molecule has 55 heavy (non-hydrogen) atoms. The Morgan fingerprint density at radius 3 is 2.00 bits per heavy atom. The number of rotatable bonds is 1. The summed E-state index contributed by atoms with van der Waals surface area (Å²) in [6, 6.07) is 42.4. The molecule has 2 aromatic heterocycles. The van der Waals surface area contributed by atoms with E-state index in [4.69, 9.17) is 0 Å². The molecule has 4 aliphatic rings. The first kappa shape index (κ1) is 32.4. The Bertz CT molecular complexity index is 3010. The van der Waals surface area contributed by atoms with Crippen molar-refractivity contribution in [1.29, 1.82) is 0 Å². The average molecular weight is 747 g/mol. The number of thiophene rings is 2. The summed E-state index contributed by atoms with van der Waals surface area (Å²) < 4.78 is 4.11. The van der Waals surface area contributed by atoms with E-state index in [0.29, 0.717) is 0 Å².